The Labute approximate surface area is 70.4 Å². The first-order chi connectivity index (χ1) is 5.90. The van der Waals surface area contributed by atoms with Gasteiger partial charge in [-0.25, -0.2) is 5.01 Å². The monoisotopic (exact) mass is 160 g/mol. The van der Waals surface area contributed by atoms with Crippen LogP contribution in [0, 0.1) is 0 Å². The van der Waals surface area contributed by atoms with E-state index in [1.54, 1.807) is 12.4 Å². The molecular weight excluding hydrogens is 152 g/mol. The molecule has 1 aliphatic heterocycles. The van der Waals surface area contributed by atoms with Crippen molar-refractivity contribution >= 4 is 12.6 Å². The maximum atomic E-state index is 10.4. The first kappa shape index (κ1) is 7.03. The molecule has 0 fully saturated rings. The highest BCUT2D eigenvalue weighted by atomic mass is 16.1. The third-order valence-corrected chi connectivity index (χ3v) is 1.81. The number of rotatable bonds is 1. The fraction of sp³-hybridized carbons (Fsp3) is 0.111. The number of nitrogens with zero attached hydrogens (tertiary/aromatic N) is 2. The van der Waals surface area contributed by atoms with Gasteiger partial charge in [-0.3, -0.25) is 4.79 Å². The largest absolute Gasteiger partial charge is 0.276 e. The number of hydrogen-bond donors (Lipinski definition) is 0. The average molecular weight is 160 g/mol. The number of fused-ring (bicyclic) bond motifs is 1. The highest BCUT2D eigenvalue weighted by molar-refractivity contribution is 5.88. The van der Waals surface area contributed by atoms with Crippen LogP contribution in [-0.4, -0.2) is 17.6 Å². The van der Waals surface area contributed by atoms with Crippen molar-refractivity contribution in [3.8, 4) is 0 Å². The average Bonchev–Trinajstić information content (AvgIpc) is 2.17. The predicted molar refractivity (Wildman–Crippen MR) is 46.3 cm³/mol. The first-order valence-corrected chi connectivity index (χ1v) is 3.76. The van der Waals surface area contributed by atoms with E-state index >= 15 is 0 Å². The lowest BCUT2D eigenvalue weighted by Gasteiger charge is -2.16. The van der Waals surface area contributed by atoms with Crippen molar-refractivity contribution in [3.05, 3.63) is 35.6 Å². The normalized spacial score (nSPS) is 19.8. The molecule has 3 nitrogen and oxygen atoms in total. The van der Waals surface area contributed by atoms with Gasteiger partial charge in [-0.1, -0.05) is 18.2 Å². The third-order valence-electron chi connectivity index (χ3n) is 1.81. The van der Waals surface area contributed by atoms with Crippen LogP contribution in [0.25, 0.3) is 0 Å². The van der Waals surface area contributed by atoms with E-state index < -0.39 is 0 Å². The summed E-state index contributed by atoms with van der Waals surface area (Å²) in [6.07, 6.45) is 11.2. The van der Waals surface area contributed by atoms with E-state index in [4.69, 9.17) is 0 Å². The van der Waals surface area contributed by atoms with Gasteiger partial charge in [-0.15, -0.1) is 0 Å². The molecule has 0 saturated carbocycles. The number of amides is 1. The Balaban J connectivity index is 2.33. The van der Waals surface area contributed by atoms with E-state index in [0.717, 1.165) is 17.6 Å². The molecule has 0 aromatic rings. The number of carbonyl (C=O) groups is 1. The Hall–Kier alpha value is -1.64. The minimum absolute atomic E-state index is 0.683. The lowest BCUT2D eigenvalue weighted by Crippen LogP contribution is -2.14. The highest BCUT2D eigenvalue weighted by Crippen LogP contribution is 2.19. The molecule has 0 spiro atoms. The smallest absolute Gasteiger partial charge is 0.234 e. The van der Waals surface area contributed by atoms with E-state index in [0.29, 0.717) is 6.41 Å². The molecular formula is C9H8N2O. The lowest BCUT2D eigenvalue weighted by atomic mass is 10.0. The lowest BCUT2D eigenvalue weighted by molar-refractivity contribution is -0.115. The van der Waals surface area contributed by atoms with Gasteiger partial charge in [0.1, 0.15) is 0 Å². The molecule has 60 valence electrons. The summed E-state index contributed by atoms with van der Waals surface area (Å²) in [4.78, 5) is 10.4. The van der Waals surface area contributed by atoms with Gasteiger partial charge in [0.15, 0.2) is 0 Å². The summed E-state index contributed by atoms with van der Waals surface area (Å²) in [5.74, 6) is 0. The zero-order valence-electron chi connectivity index (χ0n) is 6.47. The Morgan fingerprint density at radius 2 is 2.42 bits per heavy atom. The summed E-state index contributed by atoms with van der Waals surface area (Å²) in [5.41, 5.74) is 2.14. The van der Waals surface area contributed by atoms with Crippen LogP contribution in [0.2, 0.25) is 0 Å². The van der Waals surface area contributed by atoms with Crippen LogP contribution >= 0.6 is 0 Å². The quantitative estimate of drug-likeness (QED) is 0.531. The molecule has 1 heterocycles. The summed E-state index contributed by atoms with van der Waals surface area (Å²) >= 11 is 0. The predicted octanol–water partition coefficient (Wildman–Crippen LogP) is 1.21. The van der Waals surface area contributed by atoms with Crippen molar-refractivity contribution in [3.63, 3.8) is 0 Å². The molecule has 12 heavy (non-hydrogen) atoms. The number of hydrazone groups is 1. The molecule has 0 unspecified atom stereocenters. The molecule has 0 radical (unpaired) electrons. The molecule has 0 atom stereocenters. The van der Waals surface area contributed by atoms with E-state index in [-0.39, 0.29) is 0 Å². The second-order valence-electron chi connectivity index (χ2n) is 2.61. The van der Waals surface area contributed by atoms with Crippen molar-refractivity contribution in [2.24, 2.45) is 5.10 Å². The second kappa shape index (κ2) is 2.77. The zero-order chi connectivity index (χ0) is 8.39. The first-order valence-electron chi connectivity index (χ1n) is 3.76. The topological polar surface area (TPSA) is 32.7 Å². The van der Waals surface area contributed by atoms with Gasteiger partial charge in [0, 0.05) is 11.8 Å². The minimum atomic E-state index is 0.683. The Morgan fingerprint density at radius 1 is 1.50 bits per heavy atom. The maximum absolute atomic E-state index is 10.4. The van der Waals surface area contributed by atoms with Crippen LogP contribution in [0.1, 0.15) is 6.42 Å². The van der Waals surface area contributed by atoms with E-state index in [1.165, 1.54) is 5.01 Å². The van der Waals surface area contributed by atoms with Gasteiger partial charge in [0.2, 0.25) is 6.41 Å². The minimum Gasteiger partial charge on any atom is -0.276 e. The maximum Gasteiger partial charge on any atom is 0.234 e. The third kappa shape index (κ3) is 1.09. The van der Waals surface area contributed by atoms with Gasteiger partial charge in [-0.05, 0) is 12.0 Å². The molecule has 2 aliphatic rings. The van der Waals surface area contributed by atoms with Crippen molar-refractivity contribution < 1.29 is 4.79 Å². The summed E-state index contributed by atoms with van der Waals surface area (Å²) in [7, 11) is 0. The van der Waals surface area contributed by atoms with Crippen molar-refractivity contribution in [1.82, 2.24) is 5.01 Å². The van der Waals surface area contributed by atoms with E-state index in [9.17, 15) is 4.79 Å². The zero-order valence-corrected chi connectivity index (χ0v) is 6.47. The molecule has 0 aromatic carbocycles. The van der Waals surface area contributed by atoms with Crippen LogP contribution < -0.4 is 0 Å². The molecule has 1 aliphatic carbocycles. The van der Waals surface area contributed by atoms with Gasteiger partial charge in [-0.2, -0.15) is 5.10 Å². The van der Waals surface area contributed by atoms with Crippen molar-refractivity contribution in [2.75, 3.05) is 0 Å². The summed E-state index contributed by atoms with van der Waals surface area (Å²) in [6, 6.07) is 0. The van der Waals surface area contributed by atoms with Crippen molar-refractivity contribution in [2.45, 2.75) is 6.42 Å². The van der Waals surface area contributed by atoms with Gasteiger partial charge >= 0.3 is 0 Å². The summed E-state index contributed by atoms with van der Waals surface area (Å²) in [6.45, 7) is 0. The van der Waals surface area contributed by atoms with E-state index in [1.807, 2.05) is 6.08 Å². The van der Waals surface area contributed by atoms with Gasteiger partial charge < -0.3 is 0 Å². The molecule has 0 bridgehead atoms. The second-order valence-corrected chi connectivity index (χ2v) is 2.61. The van der Waals surface area contributed by atoms with Gasteiger partial charge in [0.05, 0.1) is 6.21 Å². The van der Waals surface area contributed by atoms with Crippen LogP contribution in [0.4, 0.5) is 0 Å². The molecule has 0 saturated heterocycles. The molecule has 0 aromatic heterocycles. The van der Waals surface area contributed by atoms with Gasteiger partial charge in [0.25, 0.3) is 0 Å². The highest BCUT2D eigenvalue weighted by Gasteiger charge is 2.09. The van der Waals surface area contributed by atoms with Crippen LogP contribution in [0.5, 0.6) is 0 Å². The summed E-state index contributed by atoms with van der Waals surface area (Å²) in [5, 5.41) is 5.16. The SMILES string of the molecule is O=CN1C=C2C=CCC=C2C=N1. The van der Waals surface area contributed by atoms with Crippen molar-refractivity contribution in [1.29, 1.82) is 0 Å². The molecule has 1 amide bonds. The molecule has 3 heteroatoms. The number of hydrogen-bond acceptors (Lipinski definition) is 2. The van der Waals surface area contributed by atoms with Crippen LogP contribution in [0.3, 0.4) is 0 Å². The fourth-order valence-corrected chi connectivity index (χ4v) is 1.21. The number of carbonyl (C=O) groups excluding carboxylic acids is 1. The standard InChI is InChI=1S/C9H8N2O/c12-7-11-6-9-4-2-1-3-8(9)5-10-11/h2-7H,1H2. The fourth-order valence-electron chi connectivity index (χ4n) is 1.21. The Kier molecular flexibility index (Phi) is 1.63. The summed E-state index contributed by atoms with van der Waals surface area (Å²) < 4.78 is 0. The molecule has 0 N–H and O–H groups in total. The Bertz CT molecular complexity index is 323. The van der Waals surface area contributed by atoms with Crippen LogP contribution in [0.15, 0.2) is 40.7 Å². The number of allylic oxidation sites excluding steroid dienone is 5. The molecule has 2 rings (SSSR count). The Morgan fingerprint density at radius 3 is 3.25 bits per heavy atom. The van der Waals surface area contributed by atoms with E-state index in [2.05, 4.69) is 17.3 Å². The van der Waals surface area contributed by atoms with Crippen LogP contribution in [-0.2, 0) is 4.79 Å².